The van der Waals surface area contributed by atoms with Gasteiger partial charge in [0, 0.05) is 18.9 Å². The molecule has 1 saturated heterocycles. The van der Waals surface area contributed by atoms with E-state index in [-0.39, 0.29) is 6.10 Å². The van der Waals surface area contributed by atoms with E-state index in [1.54, 1.807) is 18.5 Å². The van der Waals surface area contributed by atoms with Gasteiger partial charge in [0.15, 0.2) is 0 Å². The van der Waals surface area contributed by atoms with Crippen molar-refractivity contribution in [1.82, 2.24) is 4.57 Å². The molecular weight excluding hydrogens is 194 g/mol. The van der Waals surface area contributed by atoms with Gasteiger partial charge in [-0.15, -0.1) is 0 Å². The number of carbonyl (C=O) groups is 1. The lowest BCUT2D eigenvalue weighted by molar-refractivity contribution is 0.0457. The fourth-order valence-electron chi connectivity index (χ4n) is 1.94. The van der Waals surface area contributed by atoms with Crippen LogP contribution in [0.3, 0.4) is 0 Å². The first-order chi connectivity index (χ1) is 7.15. The average molecular weight is 209 g/mol. The predicted molar refractivity (Wildman–Crippen MR) is 55.0 cm³/mol. The Hall–Kier alpha value is -1.29. The molecule has 1 N–H and O–H groups in total. The fourth-order valence-corrected chi connectivity index (χ4v) is 1.94. The molecule has 1 fully saturated rings. The van der Waals surface area contributed by atoms with Crippen molar-refractivity contribution in [3.05, 3.63) is 24.0 Å². The molecule has 82 valence electrons. The molecule has 1 aromatic rings. The molecule has 4 nitrogen and oxygen atoms in total. The molecule has 2 rings (SSSR count). The fraction of sp³-hybridized carbons (Fsp3) is 0.545. The molecule has 1 aliphatic heterocycles. The van der Waals surface area contributed by atoms with Gasteiger partial charge in [0.2, 0.25) is 0 Å². The number of aromatic nitrogens is 1. The summed E-state index contributed by atoms with van der Waals surface area (Å²) in [5.41, 5.74) is 0.334. The van der Waals surface area contributed by atoms with E-state index in [1.807, 2.05) is 4.57 Å². The van der Waals surface area contributed by atoms with Crippen LogP contribution in [0.2, 0.25) is 0 Å². The highest BCUT2D eigenvalue weighted by atomic mass is 16.5. The largest absolute Gasteiger partial charge is 0.478 e. The van der Waals surface area contributed by atoms with Gasteiger partial charge >= 0.3 is 5.97 Å². The molecule has 0 radical (unpaired) electrons. The number of carboxylic acid groups (broad SMARTS) is 1. The summed E-state index contributed by atoms with van der Waals surface area (Å²) in [5.74, 6) is -0.880. The van der Waals surface area contributed by atoms with Gasteiger partial charge in [-0.3, -0.25) is 0 Å². The Balaban J connectivity index is 1.96. The van der Waals surface area contributed by atoms with Crippen LogP contribution in [-0.4, -0.2) is 27.9 Å². The van der Waals surface area contributed by atoms with Gasteiger partial charge in [-0.1, -0.05) is 0 Å². The molecule has 15 heavy (non-hydrogen) atoms. The van der Waals surface area contributed by atoms with Crippen molar-refractivity contribution in [3.63, 3.8) is 0 Å². The minimum atomic E-state index is -0.880. The molecule has 1 aromatic heterocycles. The average Bonchev–Trinajstić information content (AvgIpc) is 2.76. The summed E-state index contributed by atoms with van der Waals surface area (Å²) in [5, 5.41) is 8.76. The van der Waals surface area contributed by atoms with Crippen LogP contribution >= 0.6 is 0 Å². The molecule has 0 aromatic carbocycles. The molecule has 2 heterocycles. The number of nitrogens with zero attached hydrogens (tertiary/aromatic N) is 1. The third-order valence-corrected chi connectivity index (χ3v) is 2.73. The van der Waals surface area contributed by atoms with Gasteiger partial charge in [-0.2, -0.15) is 0 Å². The van der Waals surface area contributed by atoms with Crippen LogP contribution in [0.25, 0.3) is 0 Å². The second-order valence-electron chi connectivity index (χ2n) is 4.05. The van der Waals surface area contributed by atoms with Gasteiger partial charge in [0.05, 0.1) is 17.8 Å². The first kappa shape index (κ1) is 10.2. The Morgan fingerprint density at radius 2 is 2.47 bits per heavy atom. The Morgan fingerprint density at radius 3 is 3.00 bits per heavy atom. The summed E-state index contributed by atoms with van der Waals surface area (Å²) in [6.45, 7) is 2.82. The number of ether oxygens (including phenoxy) is 1. The van der Waals surface area contributed by atoms with Gasteiger partial charge in [0.25, 0.3) is 0 Å². The number of rotatable bonds is 3. The van der Waals surface area contributed by atoms with Crippen molar-refractivity contribution in [3.8, 4) is 0 Å². The smallest absolute Gasteiger partial charge is 0.337 e. The molecule has 2 unspecified atom stereocenters. The zero-order valence-corrected chi connectivity index (χ0v) is 8.72. The van der Waals surface area contributed by atoms with Crippen molar-refractivity contribution >= 4 is 5.97 Å². The Morgan fingerprint density at radius 1 is 1.67 bits per heavy atom. The summed E-state index contributed by atoms with van der Waals surface area (Å²) >= 11 is 0. The van der Waals surface area contributed by atoms with E-state index in [4.69, 9.17) is 9.84 Å². The van der Waals surface area contributed by atoms with Crippen LogP contribution < -0.4 is 0 Å². The van der Waals surface area contributed by atoms with Crippen LogP contribution in [0.4, 0.5) is 0 Å². The van der Waals surface area contributed by atoms with E-state index in [0.29, 0.717) is 11.7 Å². The Kier molecular flexibility index (Phi) is 2.77. The van der Waals surface area contributed by atoms with Gasteiger partial charge < -0.3 is 14.4 Å². The highest BCUT2D eigenvalue weighted by Gasteiger charge is 2.21. The number of aromatic carboxylic acids is 1. The third kappa shape index (κ3) is 2.39. The van der Waals surface area contributed by atoms with E-state index in [9.17, 15) is 4.79 Å². The molecule has 2 atom stereocenters. The topological polar surface area (TPSA) is 51.5 Å². The SMILES string of the molecule is CC1CCC(Cn2ccc(C(=O)O)c2)O1. The highest BCUT2D eigenvalue weighted by molar-refractivity contribution is 5.87. The minimum absolute atomic E-state index is 0.231. The van der Waals surface area contributed by atoms with E-state index < -0.39 is 5.97 Å². The van der Waals surface area contributed by atoms with Crippen molar-refractivity contribution in [2.75, 3.05) is 0 Å². The van der Waals surface area contributed by atoms with Crippen molar-refractivity contribution in [2.24, 2.45) is 0 Å². The summed E-state index contributed by atoms with van der Waals surface area (Å²) in [4.78, 5) is 10.7. The van der Waals surface area contributed by atoms with Crippen LogP contribution in [0, 0.1) is 0 Å². The lowest BCUT2D eigenvalue weighted by Gasteiger charge is -2.11. The first-order valence-corrected chi connectivity index (χ1v) is 5.19. The van der Waals surface area contributed by atoms with Crippen LogP contribution in [0.5, 0.6) is 0 Å². The summed E-state index contributed by atoms with van der Waals surface area (Å²) in [7, 11) is 0. The second-order valence-corrected chi connectivity index (χ2v) is 4.05. The normalized spacial score (nSPS) is 25.7. The van der Waals surface area contributed by atoms with Gasteiger partial charge in [-0.05, 0) is 25.8 Å². The molecule has 0 saturated carbocycles. The van der Waals surface area contributed by atoms with E-state index >= 15 is 0 Å². The maximum absolute atomic E-state index is 10.7. The Labute approximate surface area is 88.5 Å². The van der Waals surface area contributed by atoms with Gasteiger partial charge in [0.1, 0.15) is 0 Å². The van der Waals surface area contributed by atoms with Crippen LogP contribution in [-0.2, 0) is 11.3 Å². The van der Waals surface area contributed by atoms with Crippen molar-refractivity contribution in [2.45, 2.75) is 38.5 Å². The van der Waals surface area contributed by atoms with E-state index in [2.05, 4.69) is 6.92 Å². The number of hydrogen-bond acceptors (Lipinski definition) is 2. The third-order valence-electron chi connectivity index (χ3n) is 2.73. The summed E-state index contributed by atoms with van der Waals surface area (Å²) in [6, 6.07) is 1.61. The minimum Gasteiger partial charge on any atom is -0.478 e. The molecule has 0 amide bonds. The molecule has 0 spiro atoms. The van der Waals surface area contributed by atoms with E-state index in [1.165, 1.54) is 0 Å². The molecule has 4 heteroatoms. The number of carboxylic acids is 1. The highest BCUT2D eigenvalue weighted by Crippen LogP contribution is 2.20. The van der Waals surface area contributed by atoms with Crippen molar-refractivity contribution in [1.29, 1.82) is 0 Å². The van der Waals surface area contributed by atoms with Crippen LogP contribution in [0.1, 0.15) is 30.1 Å². The van der Waals surface area contributed by atoms with Gasteiger partial charge in [-0.25, -0.2) is 4.79 Å². The quantitative estimate of drug-likeness (QED) is 0.825. The summed E-state index contributed by atoms with van der Waals surface area (Å²) in [6.07, 6.45) is 6.16. The number of hydrogen-bond donors (Lipinski definition) is 1. The predicted octanol–water partition coefficient (Wildman–Crippen LogP) is 1.75. The summed E-state index contributed by atoms with van der Waals surface area (Å²) < 4.78 is 7.55. The second kappa shape index (κ2) is 4.06. The maximum Gasteiger partial charge on any atom is 0.337 e. The standard InChI is InChI=1S/C11H15NO3/c1-8-2-3-10(15-8)7-12-5-4-9(6-12)11(13)14/h4-6,8,10H,2-3,7H2,1H3,(H,13,14). The molecule has 0 bridgehead atoms. The van der Waals surface area contributed by atoms with Crippen LogP contribution in [0.15, 0.2) is 18.5 Å². The van der Waals surface area contributed by atoms with E-state index in [0.717, 1.165) is 19.4 Å². The lowest BCUT2D eigenvalue weighted by Crippen LogP contribution is -2.15. The lowest BCUT2D eigenvalue weighted by atomic mass is 10.2. The molecule has 1 aliphatic rings. The zero-order chi connectivity index (χ0) is 10.8. The zero-order valence-electron chi connectivity index (χ0n) is 8.72. The Bertz CT molecular complexity index is 358. The first-order valence-electron chi connectivity index (χ1n) is 5.19. The molecular formula is C11H15NO3. The molecule has 0 aliphatic carbocycles. The van der Waals surface area contributed by atoms with Crippen molar-refractivity contribution < 1.29 is 14.6 Å². The maximum atomic E-state index is 10.7. The monoisotopic (exact) mass is 209 g/mol.